The number of H-pyrrole nitrogens is 1. The van der Waals surface area contributed by atoms with Gasteiger partial charge in [-0.3, -0.25) is 9.59 Å². The Morgan fingerprint density at radius 2 is 1.97 bits per heavy atom. The Balaban J connectivity index is 1.85. The Labute approximate surface area is 175 Å². The summed E-state index contributed by atoms with van der Waals surface area (Å²) in [6.07, 6.45) is 0. The second-order valence-corrected chi connectivity index (χ2v) is 7.52. The van der Waals surface area contributed by atoms with Gasteiger partial charge < -0.3 is 25.3 Å². The minimum Gasteiger partial charge on any atom is -0.385 e. The molecule has 0 aliphatic carbocycles. The number of morpholine rings is 1. The van der Waals surface area contributed by atoms with Crippen molar-refractivity contribution < 1.29 is 9.53 Å². The third-order valence-corrected chi connectivity index (χ3v) is 5.20. The van der Waals surface area contributed by atoms with Crippen LogP contribution in [0.3, 0.4) is 0 Å². The van der Waals surface area contributed by atoms with E-state index >= 15 is 0 Å². The maximum Gasteiger partial charge on any atom is 0.251 e. The fraction of sp³-hybridized carbons (Fsp3) is 0.429. The van der Waals surface area contributed by atoms with Crippen molar-refractivity contribution in [2.24, 2.45) is 0 Å². The summed E-state index contributed by atoms with van der Waals surface area (Å²) in [4.78, 5) is 30.9. The van der Waals surface area contributed by atoms with Gasteiger partial charge >= 0.3 is 0 Å². The van der Waals surface area contributed by atoms with E-state index in [0.717, 1.165) is 29.3 Å². The summed E-state index contributed by atoms with van der Waals surface area (Å²) in [5.41, 5.74) is 3.36. The van der Waals surface area contributed by atoms with Crippen molar-refractivity contribution in [3.8, 4) is 0 Å². The number of aryl methyl sites for hydroxylation is 1. The predicted molar refractivity (Wildman–Crippen MR) is 116 cm³/mol. The number of nitrogens with zero attached hydrogens (tertiary/aromatic N) is 1. The van der Waals surface area contributed by atoms with Gasteiger partial charge in [-0.25, -0.2) is 0 Å². The van der Waals surface area contributed by atoms with E-state index in [1.807, 2.05) is 20.8 Å². The Morgan fingerprint density at radius 3 is 2.66 bits per heavy atom. The molecule has 7 nitrogen and oxygen atoms in total. The number of nitrogens with one attached hydrogen (secondary N) is 3. The van der Waals surface area contributed by atoms with Gasteiger partial charge in [0.05, 0.1) is 25.3 Å². The van der Waals surface area contributed by atoms with Gasteiger partial charge in [-0.1, -0.05) is 11.6 Å². The summed E-state index contributed by atoms with van der Waals surface area (Å²) >= 11 is 6.19. The van der Waals surface area contributed by atoms with Crippen molar-refractivity contribution in [2.75, 3.05) is 43.1 Å². The van der Waals surface area contributed by atoms with E-state index < -0.39 is 0 Å². The van der Waals surface area contributed by atoms with Crippen LogP contribution in [-0.4, -0.2) is 43.7 Å². The lowest BCUT2D eigenvalue weighted by Gasteiger charge is -2.30. The lowest BCUT2D eigenvalue weighted by molar-refractivity contribution is 0.0950. The molecule has 0 bridgehead atoms. The Bertz CT molecular complexity index is 952. The van der Waals surface area contributed by atoms with E-state index in [2.05, 4.69) is 20.5 Å². The number of anilines is 2. The van der Waals surface area contributed by atoms with Crippen LogP contribution in [0.1, 0.15) is 34.1 Å². The summed E-state index contributed by atoms with van der Waals surface area (Å²) in [7, 11) is 0. The number of hydrogen-bond acceptors (Lipinski definition) is 5. The Kier molecular flexibility index (Phi) is 6.82. The molecule has 8 heteroatoms. The zero-order chi connectivity index (χ0) is 21.0. The van der Waals surface area contributed by atoms with Crippen molar-refractivity contribution in [3.05, 3.63) is 55.8 Å². The highest BCUT2D eigenvalue weighted by molar-refractivity contribution is 6.31. The third-order valence-electron chi connectivity index (χ3n) is 4.98. The van der Waals surface area contributed by atoms with Crippen molar-refractivity contribution >= 4 is 29.0 Å². The molecule has 1 aliphatic rings. The number of halogens is 1. The normalized spacial score (nSPS) is 14.0. The second kappa shape index (κ2) is 9.33. The molecule has 1 amide bonds. The highest BCUT2D eigenvalue weighted by atomic mass is 35.5. The molecule has 1 aromatic heterocycles. The van der Waals surface area contributed by atoms with Crippen molar-refractivity contribution in [1.82, 2.24) is 10.3 Å². The van der Waals surface area contributed by atoms with Gasteiger partial charge in [0.1, 0.15) is 5.82 Å². The van der Waals surface area contributed by atoms with Crippen LogP contribution in [0.5, 0.6) is 0 Å². The van der Waals surface area contributed by atoms with E-state index in [4.69, 9.17) is 16.3 Å². The van der Waals surface area contributed by atoms with Crippen LogP contribution in [0.2, 0.25) is 5.02 Å². The average Bonchev–Trinajstić information content (AvgIpc) is 2.70. The molecule has 0 saturated carbocycles. The van der Waals surface area contributed by atoms with E-state index in [1.54, 1.807) is 18.2 Å². The monoisotopic (exact) mass is 418 g/mol. The summed E-state index contributed by atoms with van der Waals surface area (Å²) in [6, 6.07) is 5.01. The van der Waals surface area contributed by atoms with Gasteiger partial charge in [-0.2, -0.15) is 0 Å². The molecule has 1 saturated heterocycles. The van der Waals surface area contributed by atoms with Gasteiger partial charge in [-0.15, -0.1) is 0 Å². The Hall–Kier alpha value is -2.51. The lowest BCUT2D eigenvalue weighted by atomic mass is 10.1. The number of aromatic amines is 1. The SMILES string of the molecule is CCNc1cc(Cl)cc(C(=O)NCc2c(N3CCOCC3)[nH]c(C)cc2=O)c1C. The number of carbonyl (C=O) groups excluding carboxylic acids is 1. The molecule has 29 heavy (non-hydrogen) atoms. The van der Waals surface area contributed by atoms with Gasteiger partial charge in [-0.05, 0) is 38.5 Å². The van der Waals surface area contributed by atoms with E-state index in [-0.39, 0.29) is 17.9 Å². The maximum absolute atomic E-state index is 12.9. The first-order valence-corrected chi connectivity index (χ1v) is 10.2. The van der Waals surface area contributed by atoms with Gasteiger partial charge in [0, 0.05) is 47.7 Å². The standard InChI is InChI=1S/C21H27ClN4O3/c1-4-23-18-11-15(22)10-16(14(18)3)21(28)24-12-17-19(27)9-13(2)25-20(17)26-5-7-29-8-6-26/h9-11,23H,4-8,12H2,1-3H3,(H,24,28)(H,25,27). The third kappa shape index (κ3) is 4.92. The minimum atomic E-state index is -0.267. The van der Waals surface area contributed by atoms with Crippen LogP contribution in [0.15, 0.2) is 23.0 Å². The Morgan fingerprint density at radius 1 is 1.24 bits per heavy atom. The molecule has 3 rings (SSSR count). The predicted octanol–water partition coefficient (Wildman–Crippen LogP) is 2.84. The van der Waals surface area contributed by atoms with E-state index in [9.17, 15) is 9.59 Å². The van der Waals surface area contributed by atoms with Crippen LogP contribution in [0.4, 0.5) is 11.5 Å². The second-order valence-electron chi connectivity index (χ2n) is 7.08. The van der Waals surface area contributed by atoms with E-state index in [0.29, 0.717) is 42.5 Å². The average molecular weight is 419 g/mol. The summed E-state index contributed by atoms with van der Waals surface area (Å²) < 4.78 is 5.41. The van der Waals surface area contributed by atoms with Crippen LogP contribution < -0.4 is 21.0 Å². The molecular weight excluding hydrogens is 392 g/mol. The largest absolute Gasteiger partial charge is 0.385 e. The molecule has 2 heterocycles. The molecule has 0 radical (unpaired) electrons. The van der Waals surface area contributed by atoms with Gasteiger partial charge in [0.25, 0.3) is 5.91 Å². The molecule has 1 aliphatic heterocycles. The van der Waals surface area contributed by atoms with Gasteiger partial charge in [0.2, 0.25) is 0 Å². The fourth-order valence-electron chi connectivity index (χ4n) is 3.48. The molecule has 156 valence electrons. The fourth-order valence-corrected chi connectivity index (χ4v) is 3.70. The number of carbonyl (C=O) groups is 1. The summed E-state index contributed by atoms with van der Waals surface area (Å²) in [5, 5.41) is 6.59. The summed E-state index contributed by atoms with van der Waals surface area (Å²) in [5.74, 6) is 0.479. The maximum atomic E-state index is 12.9. The van der Waals surface area contributed by atoms with Gasteiger partial charge in [0.15, 0.2) is 5.43 Å². The lowest BCUT2D eigenvalue weighted by Crippen LogP contribution is -2.39. The molecular formula is C21H27ClN4O3. The van der Waals surface area contributed by atoms with Crippen molar-refractivity contribution in [2.45, 2.75) is 27.3 Å². The van der Waals surface area contributed by atoms with Crippen LogP contribution in [-0.2, 0) is 11.3 Å². The first-order valence-electron chi connectivity index (χ1n) is 9.78. The number of hydrogen-bond donors (Lipinski definition) is 3. The van der Waals surface area contributed by atoms with Crippen molar-refractivity contribution in [1.29, 1.82) is 0 Å². The topological polar surface area (TPSA) is 86.5 Å². The van der Waals surface area contributed by atoms with Crippen molar-refractivity contribution in [3.63, 3.8) is 0 Å². The molecule has 1 aromatic carbocycles. The smallest absolute Gasteiger partial charge is 0.251 e. The first-order chi connectivity index (χ1) is 13.9. The zero-order valence-electron chi connectivity index (χ0n) is 17.0. The first kappa shape index (κ1) is 21.2. The molecule has 2 aromatic rings. The highest BCUT2D eigenvalue weighted by Crippen LogP contribution is 2.25. The number of benzene rings is 1. The zero-order valence-corrected chi connectivity index (χ0v) is 17.8. The highest BCUT2D eigenvalue weighted by Gasteiger charge is 2.20. The number of amides is 1. The number of rotatable bonds is 6. The number of aromatic nitrogens is 1. The van der Waals surface area contributed by atoms with Crippen LogP contribution >= 0.6 is 11.6 Å². The minimum absolute atomic E-state index is 0.0980. The van der Waals surface area contributed by atoms with E-state index in [1.165, 1.54) is 0 Å². The number of pyridine rings is 1. The van der Waals surface area contributed by atoms with Crippen LogP contribution in [0, 0.1) is 13.8 Å². The molecule has 0 atom stereocenters. The molecule has 0 unspecified atom stereocenters. The summed E-state index contributed by atoms with van der Waals surface area (Å²) in [6.45, 7) is 9.17. The quantitative estimate of drug-likeness (QED) is 0.671. The number of ether oxygens (including phenoxy) is 1. The molecule has 1 fully saturated rings. The van der Waals surface area contributed by atoms with Crippen LogP contribution in [0.25, 0.3) is 0 Å². The molecule has 0 spiro atoms. The molecule has 3 N–H and O–H groups in total.